The van der Waals surface area contributed by atoms with Gasteiger partial charge in [0.2, 0.25) is 5.96 Å². The molecule has 1 unspecified atom stereocenters. The van der Waals surface area contributed by atoms with E-state index in [2.05, 4.69) is 43.3 Å². The van der Waals surface area contributed by atoms with Crippen LogP contribution in [0.15, 0.2) is 4.99 Å². The maximum atomic E-state index is 5.35. The van der Waals surface area contributed by atoms with Gasteiger partial charge in [-0.05, 0) is 13.3 Å². The molecule has 1 heterocycles. The number of hydrogen-bond acceptors (Lipinski definition) is 5. The number of hydrazine groups is 1. The molecule has 90 valence electrons. The van der Waals surface area contributed by atoms with Crippen LogP contribution >= 0.6 is 0 Å². The number of unbranched alkanes of at least 4 members (excludes halogenated alkanes) is 1. The summed E-state index contributed by atoms with van der Waals surface area (Å²) in [5.74, 6) is 6.45. The highest BCUT2D eigenvalue weighted by Crippen LogP contribution is 2.02. The van der Waals surface area contributed by atoms with Crippen molar-refractivity contribution in [3.05, 3.63) is 5.82 Å². The smallest absolute Gasteiger partial charge is 0.206 e. The molecule has 8 heteroatoms. The van der Waals surface area contributed by atoms with Gasteiger partial charge in [-0.3, -0.25) is 10.4 Å². The fourth-order valence-electron chi connectivity index (χ4n) is 1.10. The molecule has 8 nitrogen and oxygen atoms in total. The van der Waals surface area contributed by atoms with Gasteiger partial charge in [-0.25, -0.2) is 5.84 Å². The molecule has 0 bridgehead atoms. The molecule has 0 amide bonds. The SMILES string of the molecule is CCCCN=C(NN)NC(C)c1nn[nH]n1. The summed E-state index contributed by atoms with van der Waals surface area (Å²) in [6.07, 6.45) is 2.13. The van der Waals surface area contributed by atoms with Gasteiger partial charge < -0.3 is 5.32 Å². The minimum atomic E-state index is -0.102. The Morgan fingerprint density at radius 1 is 1.62 bits per heavy atom. The zero-order valence-electron chi connectivity index (χ0n) is 9.56. The van der Waals surface area contributed by atoms with E-state index in [0.717, 1.165) is 19.4 Å². The van der Waals surface area contributed by atoms with Crippen molar-refractivity contribution >= 4 is 5.96 Å². The molecular weight excluding hydrogens is 208 g/mol. The molecule has 0 aliphatic heterocycles. The summed E-state index contributed by atoms with van der Waals surface area (Å²) in [7, 11) is 0. The van der Waals surface area contributed by atoms with E-state index in [1.54, 1.807) is 0 Å². The van der Waals surface area contributed by atoms with Crippen LogP contribution in [0.5, 0.6) is 0 Å². The Balaban J connectivity index is 2.46. The van der Waals surface area contributed by atoms with Crippen molar-refractivity contribution < 1.29 is 0 Å². The normalized spacial score (nSPS) is 13.6. The lowest BCUT2D eigenvalue weighted by molar-refractivity contribution is 0.642. The largest absolute Gasteiger partial charge is 0.345 e. The summed E-state index contributed by atoms with van der Waals surface area (Å²) in [6.45, 7) is 4.75. The third-order valence-corrected chi connectivity index (χ3v) is 2.02. The lowest BCUT2D eigenvalue weighted by atomic mass is 10.3. The van der Waals surface area contributed by atoms with Crippen molar-refractivity contribution in [2.45, 2.75) is 32.7 Å². The first-order valence-electron chi connectivity index (χ1n) is 5.28. The maximum Gasteiger partial charge on any atom is 0.206 e. The van der Waals surface area contributed by atoms with Gasteiger partial charge in [0.25, 0.3) is 0 Å². The molecule has 1 rings (SSSR count). The van der Waals surface area contributed by atoms with Crippen LogP contribution in [0, 0.1) is 0 Å². The average Bonchev–Trinajstić information content (AvgIpc) is 2.81. The van der Waals surface area contributed by atoms with Crippen LogP contribution in [0.3, 0.4) is 0 Å². The topological polar surface area (TPSA) is 117 Å². The molecule has 1 aromatic rings. The molecule has 1 aromatic heterocycles. The van der Waals surface area contributed by atoms with Crippen molar-refractivity contribution in [1.29, 1.82) is 0 Å². The van der Waals surface area contributed by atoms with E-state index in [4.69, 9.17) is 5.84 Å². The summed E-state index contributed by atoms with van der Waals surface area (Å²) >= 11 is 0. The Bertz CT molecular complexity index is 306. The van der Waals surface area contributed by atoms with Crippen LogP contribution in [-0.2, 0) is 0 Å². The predicted molar refractivity (Wildman–Crippen MR) is 60.3 cm³/mol. The molecular formula is C8H18N8. The number of aliphatic imine (C=N–C) groups is 1. The predicted octanol–water partition coefficient (Wildman–Crippen LogP) is -0.530. The molecule has 1 atom stereocenters. The summed E-state index contributed by atoms with van der Waals surface area (Å²) < 4.78 is 0. The standard InChI is InChI=1S/C8H18N8/c1-3-4-5-10-8(12-9)11-6(2)7-13-15-16-14-7/h6H,3-5,9H2,1-2H3,(H2,10,11,12)(H,13,14,15,16). The number of tetrazole rings is 1. The average molecular weight is 226 g/mol. The quantitative estimate of drug-likeness (QED) is 0.176. The summed E-state index contributed by atoms with van der Waals surface area (Å²) in [6, 6.07) is -0.102. The van der Waals surface area contributed by atoms with E-state index >= 15 is 0 Å². The van der Waals surface area contributed by atoms with Crippen molar-refractivity contribution in [2.24, 2.45) is 10.8 Å². The Morgan fingerprint density at radius 2 is 2.44 bits per heavy atom. The zero-order valence-corrected chi connectivity index (χ0v) is 9.56. The van der Waals surface area contributed by atoms with Gasteiger partial charge in [0.1, 0.15) is 0 Å². The second-order valence-electron chi connectivity index (χ2n) is 3.36. The number of nitrogens with two attached hydrogens (primary N) is 1. The van der Waals surface area contributed by atoms with Crippen LogP contribution in [0.4, 0.5) is 0 Å². The number of rotatable bonds is 5. The number of nitrogens with zero attached hydrogens (tertiary/aromatic N) is 4. The number of aromatic amines is 1. The van der Waals surface area contributed by atoms with E-state index in [9.17, 15) is 0 Å². The first-order chi connectivity index (χ1) is 7.77. The fourth-order valence-corrected chi connectivity index (χ4v) is 1.10. The number of aromatic nitrogens is 4. The lowest BCUT2D eigenvalue weighted by Gasteiger charge is -2.13. The van der Waals surface area contributed by atoms with Crippen molar-refractivity contribution in [1.82, 2.24) is 31.4 Å². The summed E-state index contributed by atoms with van der Waals surface area (Å²) in [5, 5.41) is 16.7. The lowest BCUT2D eigenvalue weighted by Crippen LogP contribution is -2.43. The van der Waals surface area contributed by atoms with E-state index < -0.39 is 0 Å². The molecule has 16 heavy (non-hydrogen) atoms. The van der Waals surface area contributed by atoms with Gasteiger partial charge in [0.05, 0.1) is 6.04 Å². The molecule has 0 spiro atoms. The van der Waals surface area contributed by atoms with Gasteiger partial charge in [-0.1, -0.05) is 18.6 Å². The van der Waals surface area contributed by atoms with Gasteiger partial charge in [0.15, 0.2) is 5.82 Å². The highest BCUT2D eigenvalue weighted by Gasteiger charge is 2.11. The van der Waals surface area contributed by atoms with Gasteiger partial charge in [-0.15, -0.1) is 10.2 Å². The fraction of sp³-hybridized carbons (Fsp3) is 0.750. The number of H-pyrrole nitrogens is 1. The van der Waals surface area contributed by atoms with Crippen molar-refractivity contribution in [3.8, 4) is 0 Å². The molecule has 0 aliphatic carbocycles. The summed E-state index contributed by atoms with van der Waals surface area (Å²) in [5.41, 5.74) is 2.51. The first kappa shape index (κ1) is 12.4. The van der Waals surface area contributed by atoms with Crippen LogP contribution < -0.4 is 16.6 Å². The highest BCUT2D eigenvalue weighted by molar-refractivity contribution is 5.79. The monoisotopic (exact) mass is 226 g/mol. The van der Waals surface area contributed by atoms with Crippen LogP contribution in [0.1, 0.15) is 38.6 Å². The van der Waals surface area contributed by atoms with Crippen molar-refractivity contribution in [2.75, 3.05) is 6.54 Å². The summed E-state index contributed by atoms with van der Waals surface area (Å²) in [4.78, 5) is 4.27. The maximum absolute atomic E-state index is 5.35. The molecule has 0 fully saturated rings. The third kappa shape index (κ3) is 3.81. The molecule has 0 aliphatic rings. The first-order valence-corrected chi connectivity index (χ1v) is 5.28. The molecule has 0 aromatic carbocycles. The highest BCUT2D eigenvalue weighted by atomic mass is 15.5. The number of nitrogens with one attached hydrogen (secondary N) is 3. The molecule has 0 saturated carbocycles. The van der Waals surface area contributed by atoms with Crippen LogP contribution in [0.25, 0.3) is 0 Å². The number of hydrogen-bond donors (Lipinski definition) is 4. The van der Waals surface area contributed by atoms with Crippen LogP contribution in [0.2, 0.25) is 0 Å². The van der Waals surface area contributed by atoms with Crippen LogP contribution in [-0.4, -0.2) is 33.1 Å². The molecule has 5 N–H and O–H groups in total. The van der Waals surface area contributed by atoms with Crippen molar-refractivity contribution in [3.63, 3.8) is 0 Å². The molecule has 0 saturated heterocycles. The van der Waals surface area contributed by atoms with E-state index in [-0.39, 0.29) is 6.04 Å². The van der Waals surface area contributed by atoms with E-state index in [1.807, 2.05) is 6.92 Å². The minimum absolute atomic E-state index is 0.102. The van der Waals surface area contributed by atoms with Gasteiger partial charge in [-0.2, -0.15) is 5.21 Å². The van der Waals surface area contributed by atoms with Gasteiger partial charge >= 0.3 is 0 Å². The Morgan fingerprint density at radius 3 is 3.00 bits per heavy atom. The third-order valence-electron chi connectivity index (χ3n) is 2.02. The Hall–Kier alpha value is -1.70. The zero-order chi connectivity index (χ0) is 11.8. The Labute approximate surface area is 94.1 Å². The molecule has 0 radical (unpaired) electrons. The second-order valence-corrected chi connectivity index (χ2v) is 3.36. The minimum Gasteiger partial charge on any atom is -0.345 e. The Kier molecular flexibility index (Phi) is 5.20. The van der Waals surface area contributed by atoms with Gasteiger partial charge in [0, 0.05) is 6.54 Å². The van der Waals surface area contributed by atoms with E-state index in [1.165, 1.54) is 0 Å². The van der Waals surface area contributed by atoms with E-state index in [0.29, 0.717) is 11.8 Å². The number of guanidine groups is 1. The second kappa shape index (κ2) is 6.72.